The highest BCUT2D eigenvalue weighted by molar-refractivity contribution is 9.10. The van der Waals surface area contributed by atoms with Gasteiger partial charge in [-0.3, -0.25) is 9.59 Å². The van der Waals surface area contributed by atoms with Crippen LogP contribution in [0.4, 0.5) is 10.5 Å². The number of urea groups is 1. The maximum atomic E-state index is 11.5. The van der Waals surface area contributed by atoms with E-state index in [4.69, 9.17) is 5.11 Å². The van der Waals surface area contributed by atoms with E-state index in [1.807, 2.05) is 6.92 Å². The fourth-order valence-corrected chi connectivity index (χ4v) is 1.54. The largest absolute Gasteiger partial charge is 0.480 e. The highest BCUT2D eigenvalue weighted by Gasteiger charge is 2.07. The van der Waals surface area contributed by atoms with E-state index < -0.39 is 24.5 Å². The Balaban J connectivity index is 2.38. The van der Waals surface area contributed by atoms with E-state index in [9.17, 15) is 14.4 Å². The van der Waals surface area contributed by atoms with Crippen molar-refractivity contribution in [1.82, 2.24) is 10.6 Å². The van der Waals surface area contributed by atoms with Gasteiger partial charge in [-0.1, -0.05) is 15.9 Å². The minimum Gasteiger partial charge on any atom is -0.480 e. The lowest BCUT2D eigenvalue weighted by Gasteiger charge is -2.08. The van der Waals surface area contributed by atoms with Gasteiger partial charge in [-0.25, -0.2) is 4.79 Å². The molecular formula is C12H14BrN3O4. The molecule has 0 saturated heterocycles. The summed E-state index contributed by atoms with van der Waals surface area (Å²) in [6, 6.07) is 4.73. The average Bonchev–Trinajstić information content (AvgIpc) is 2.38. The molecule has 7 nitrogen and oxygen atoms in total. The van der Waals surface area contributed by atoms with E-state index in [2.05, 4.69) is 31.9 Å². The molecule has 0 aliphatic rings. The third-order valence-electron chi connectivity index (χ3n) is 2.26. The van der Waals surface area contributed by atoms with Crippen molar-refractivity contribution < 1.29 is 19.5 Å². The summed E-state index contributed by atoms with van der Waals surface area (Å²) in [4.78, 5) is 32.9. The first kappa shape index (κ1) is 16.0. The summed E-state index contributed by atoms with van der Waals surface area (Å²) in [7, 11) is 0. The first-order valence-electron chi connectivity index (χ1n) is 5.68. The van der Waals surface area contributed by atoms with Crippen molar-refractivity contribution in [3.05, 3.63) is 28.2 Å². The topological polar surface area (TPSA) is 108 Å². The molecule has 0 fully saturated rings. The summed E-state index contributed by atoms with van der Waals surface area (Å²) in [5.74, 6) is -1.72. The molecule has 4 N–H and O–H groups in total. The summed E-state index contributed by atoms with van der Waals surface area (Å²) in [5, 5.41) is 15.4. The summed E-state index contributed by atoms with van der Waals surface area (Å²) in [6.07, 6.45) is 0. The van der Waals surface area contributed by atoms with Gasteiger partial charge in [0.1, 0.15) is 6.54 Å². The first-order chi connectivity index (χ1) is 9.38. The molecule has 0 saturated carbocycles. The zero-order chi connectivity index (χ0) is 15.1. The molecule has 0 aromatic heterocycles. The van der Waals surface area contributed by atoms with Crippen LogP contribution in [0.25, 0.3) is 0 Å². The molecule has 0 aliphatic heterocycles. The standard InChI is InChI=1S/C12H14BrN3O4/c1-7-4-8(2-3-9(7)13)16-12(20)15-5-10(17)14-6-11(18)19/h2-4H,5-6H2,1H3,(H,14,17)(H,18,19)(H2,15,16,20). The van der Waals surface area contributed by atoms with Gasteiger partial charge in [-0.2, -0.15) is 0 Å². The molecule has 0 heterocycles. The third-order valence-corrected chi connectivity index (χ3v) is 3.15. The molecule has 1 aromatic rings. The van der Waals surface area contributed by atoms with E-state index in [1.165, 1.54) is 0 Å². The number of halogens is 1. The SMILES string of the molecule is Cc1cc(NC(=O)NCC(=O)NCC(=O)O)ccc1Br. The lowest BCUT2D eigenvalue weighted by Crippen LogP contribution is -2.40. The summed E-state index contributed by atoms with van der Waals surface area (Å²) < 4.78 is 0.927. The van der Waals surface area contributed by atoms with E-state index in [1.54, 1.807) is 18.2 Å². The number of rotatable bonds is 5. The Labute approximate surface area is 123 Å². The molecule has 0 spiro atoms. The second-order valence-electron chi connectivity index (χ2n) is 3.94. The number of aliphatic carboxylic acids is 1. The monoisotopic (exact) mass is 343 g/mol. The summed E-state index contributed by atoms with van der Waals surface area (Å²) >= 11 is 3.35. The van der Waals surface area contributed by atoms with Crippen LogP contribution < -0.4 is 16.0 Å². The van der Waals surface area contributed by atoms with Crippen LogP contribution in [0.3, 0.4) is 0 Å². The fourth-order valence-electron chi connectivity index (χ4n) is 1.29. The van der Waals surface area contributed by atoms with E-state index in [0.717, 1.165) is 10.0 Å². The maximum absolute atomic E-state index is 11.5. The Kier molecular flexibility index (Phi) is 5.98. The van der Waals surface area contributed by atoms with Gasteiger partial charge in [-0.05, 0) is 30.7 Å². The molecule has 20 heavy (non-hydrogen) atoms. The number of amides is 3. The number of carbonyl (C=O) groups excluding carboxylic acids is 2. The van der Waals surface area contributed by atoms with E-state index >= 15 is 0 Å². The van der Waals surface area contributed by atoms with Gasteiger partial charge in [-0.15, -0.1) is 0 Å². The van der Waals surface area contributed by atoms with Gasteiger partial charge >= 0.3 is 12.0 Å². The predicted octanol–water partition coefficient (Wildman–Crippen LogP) is 1.08. The summed E-state index contributed by atoms with van der Waals surface area (Å²) in [6.45, 7) is 1.11. The lowest BCUT2D eigenvalue weighted by molar-refractivity contribution is -0.137. The van der Waals surface area contributed by atoms with Crippen LogP contribution in [0.1, 0.15) is 5.56 Å². The average molecular weight is 344 g/mol. The number of hydrogen-bond acceptors (Lipinski definition) is 3. The molecule has 0 unspecified atom stereocenters. The van der Waals surface area contributed by atoms with Crippen molar-refractivity contribution in [2.75, 3.05) is 18.4 Å². The number of aryl methyl sites for hydroxylation is 1. The number of nitrogens with one attached hydrogen (secondary N) is 3. The molecule has 0 radical (unpaired) electrons. The van der Waals surface area contributed by atoms with Crippen molar-refractivity contribution in [2.45, 2.75) is 6.92 Å². The zero-order valence-electron chi connectivity index (χ0n) is 10.7. The minimum absolute atomic E-state index is 0.297. The highest BCUT2D eigenvalue weighted by atomic mass is 79.9. The summed E-state index contributed by atoms with van der Waals surface area (Å²) in [5.41, 5.74) is 1.55. The quantitative estimate of drug-likeness (QED) is 0.641. The van der Waals surface area contributed by atoms with Crippen LogP contribution in [0.5, 0.6) is 0 Å². The fraction of sp³-hybridized carbons (Fsp3) is 0.250. The van der Waals surface area contributed by atoms with Gasteiger partial charge in [0.15, 0.2) is 0 Å². The van der Waals surface area contributed by atoms with Crippen LogP contribution in [0.15, 0.2) is 22.7 Å². The third kappa shape index (κ3) is 5.70. The maximum Gasteiger partial charge on any atom is 0.322 e. The van der Waals surface area contributed by atoms with Gasteiger partial charge in [0.05, 0.1) is 6.54 Å². The molecule has 1 aromatic carbocycles. The molecule has 108 valence electrons. The van der Waals surface area contributed by atoms with Crippen molar-refractivity contribution in [3.8, 4) is 0 Å². The second-order valence-corrected chi connectivity index (χ2v) is 4.80. The van der Waals surface area contributed by atoms with Crippen molar-refractivity contribution in [2.24, 2.45) is 0 Å². The highest BCUT2D eigenvalue weighted by Crippen LogP contribution is 2.19. The minimum atomic E-state index is -1.15. The Morgan fingerprint density at radius 3 is 2.50 bits per heavy atom. The Hall–Kier alpha value is -2.09. The van der Waals surface area contributed by atoms with Crippen LogP contribution >= 0.6 is 15.9 Å². The Morgan fingerprint density at radius 2 is 1.90 bits per heavy atom. The van der Waals surface area contributed by atoms with Crippen LogP contribution in [-0.2, 0) is 9.59 Å². The Bertz CT molecular complexity index is 533. The van der Waals surface area contributed by atoms with Crippen LogP contribution in [0.2, 0.25) is 0 Å². The number of hydrogen-bond donors (Lipinski definition) is 4. The predicted molar refractivity (Wildman–Crippen MR) is 76.5 cm³/mol. The number of carboxylic acid groups (broad SMARTS) is 1. The molecule has 0 atom stereocenters. The van der Waals surface area contributed by atoms with Crippen molar-refractivity contribution in [3.63, 3.8) is 0 Å². The van der Waals surface area contributed by atoms with Gasteiger partial charge < -0.3 is 21.1 Å². The molecule has 8 heteroatoms. The molecule has 3 amide bonds. The second kappa shape index (κ2) is 7.49. The van der Waals surface area contributed by atoms with Crippen molar-refractivity contribution >= 4 is 39.5 Å². The normalized spacial score (nSPS) is 9.70. The number of carbonyl (C=O) groups is 3. The smallest absolute Gasteiger partial charge is 0.322 e. The van der Waals surface area contributed by atoms with Gasteiger partial charge in [0, 0.05) is 10.2 Å². The lowest BCUT2D eigenvalue weighted by atomic mass is 10.2. The zero-order valence-corrected chi connectivity index (χ0v) is 12.3. The number of benzene rings is 1. The molecule has 0 bridgehead atoms. The van der Waals surface area contributed by atoms with E-state index in [-0.39, 0.29) is 6.54 Å². The van der Waals surface area contributed by atoms with Crippen molar-refractivity contribution in [1.29, 1.82) is 0 Å². The number of anilines is 1. The van der Waals surface area contributed by atoms with Crippen LogP contribution in [0, 0.1) is 6.92 Å². The molecule has 1 rings (SSSR count). The van der Waals surface area contributed by atoms with Gasteiger partial charge in [0.25, 0.3) is 0 Å². The van der Waals surface area contributed by atoms with E-state index in [0.29, 0.717) is 5.69 Å². The molecule has 0 aliphatic carbocycles. The first-order valence-corrected chi connectivity index (χ1v) is 6.47. The Morgan fingerprint density at radius 1 is 1.20 bits per heavy atom. The van der Waals surface area contributed by atoms with Gasteiger partial charge in [0.2, 0.25) is 5.91 Å². The number of carboxylic acids is 1. The van der Waals surface area contributed by atoms with Crippen LogP contribution in [-0.4, -0.2) is 36.1 Å². The molecular weight excluding hydrogens is 330 g/mol.